The van der Waals surface area contributed by atoms with Gasteiger partial charge in [-0.05, 0) is 54.5 Å². The van der Waals surface area contributed by atoms with Gasteiger partial charge in [0.1, 0.15) is 17.6 Å². The van der Waals surface area contributed by atoms with E-state index in [-0.39, 0.29) is 23.7 Å². The van der Waals surface area contributed by atoms with Crippen molar-refractivity contribution in [2.45, 2.75) is 32.2 Å². The van der Waals surface area contributed by atoms with E-state index in [0.29, 0.717) is 54.1 Å². The molecule has 4 rings (SSSR count). The number of nitrogens with one attached hydrogen (secondary N) is 1. The summed E-state index contributed by atoms with van der Waals surface area (Å²) < 4.78 is 47.5. The maximum Gasteiger partial charge on any atom is 0.573 e. The van der Waals surface area contributed by atoms with Gasteiger partial charge in [0.05, 0.1) is 0 Å². The molecule has 1 heterocycles. The summed E-state index contributed by atoms with van der Waals surface area (Å²) >= 11 is 0. The van der Waals surface area contributed by atoms with Crippen molar-refractivity contribution in [2.24, 2.45) is 0 Å². The number of benzene rings is 3. The second-order valence-electron chi connectivity index (χ2n) is 8.74. The molecule has 1 aliphatic rings. The lowest BCUT2D eigenvalue weighted by Gasteiger charge is -2.31. The van der Waals surface area contributed by atoms with Crippen LogP contribution in [0.3, 0.4) is 0 Å². The van der Waals surface area contributed by atoms with Crippen LogP contribution in [0, 0.1) is 0 Å². The number of nitrogens with zero attached hydrogens (tertiary/aromatic N) is 1. The van der Waals surface area contributed by atoms with Gasteiger partial charge in [0.25, 0.3) is 5.91 Å². The third-order valence-electron chi connectivity index (χ3n) is 6.03. The fourth-order valence-electron chi connectivity index (χ4n) is 4.25. The van der Waals surface area contributed by atoms with Crippen LogP contribution >= 0.6 is 0 Å². The minimum atomic E-state index is -4.78. The normalized spacial score (nSPS) is 14.4. The number of halogens is 3. The first-order valence-corrected chi connectivity index (χ1v) is 12.2. The number of rotatable bonds is 7. The molecule has 1 saturated heterocycles. The Morgan fingerprint density at radius 1 is 0.947 bits per heavy atom. The Bertz CT molecular complexity index is 1300. The SMILES string of the molecule is C/C=C/C(=O)N1CCC(Oc2cccc(NC(=O)c3ccccc3-c3ccc(OC(F)(F)F)cc3)c2)CC1. The van der Waals surface area contributed by atoms with E-state index >= 15 is 0 Å². The Morgan fingerprint density at radius 3 is 2.34 bits per heavy atom. The average molecular weight is 525 g/mol. The highest BCUT2D eigenvalue weighted by atomic mass is 19.4. The molecule has 0 aromatic heterocycles. The van der Waals surface area contributed by atoms with Crippen LogP contribution in [0.25, 0.3) is 11.1 Å². The fourth-order valence-corrected chi connectivity index (χ4v) is 4.25. The van der Waals surface area contributed by atoms with Gasteiger partial charge >= 0.3 is 6.36 Å². The van der Waals surface area contributed by atoms with E-state index in [1.165, 1.54) is 24.3 Å². The van der Waals surface area contributed by atoms with Crippen LogP contribution in [0.1, 0.15) is 30.1 Å². The summed E-state index contributed by atoms with van der Waals surface area (Å²) in [5.41, 5.74) is 2.04. The van der Waals surface area contributed by atoms with Crippen LogP contribution < -0.4 is 14.8 Å². The highest BCUT2D eigenvalue weighted by Crippen LogP contribution is 2.29. The van der Waals surface area contributed by atoms with Crippen molar-refractivity contribution in [3.8, 4) is 22.6 Å². The minimum Gasteiger partial charge on any atom is -0.490 e. The highest BCUT2D eigenvalue weighted by molar-refractivity contribution is 6.08. The first-order chi connectivity index (χ1) is 18.2. The molecule has 9 heteroatoms. The van der Waals surface area contributed by atoms with E-state index in [4.69, 9.17) is 4.74 Å². The van der Waals surface area contributed by atoms with E-state index in [1.54, 1.807) is 59.5 Å². The van der Waals surface area contributed by atoms with Crippen LogP contribution in [0.15, 0.2) is 84.9 Å². The van der Waals surface area contributed by atoms with E-state index in [1.807, 2.05) is 13.0 Å². The van der Waals surface area contributed by atoms with E-state index < -0.39 is 6.36 Å². The molecule has 2 amide bonds. The smallest absolute Gasteiger partial charge is 0.490 e. The third-order valence-corrected chi connectivity index (χ3v) is 6.03. The number of carbonyl (C=O) groups is 2. The lowest BCUT2D eigenvalue weighted by Crippen LogP contribution is -2.41. The van der Waals surface area contributed by atoms with Crippen LogP contribution in [-0.4, -0.2) is 42.3 Å². The average Bonchev–Trinajstić information content (AvgIpc) is 2.89. The second-order valence-corrected chi connectivity index (χ2v) is 8.74. The van der Waals surface area contributed by atoms with Crippen molar-refractivity contribution in [2.75, 3.05) is 18.4 Å². The monoisotopic (exact) mass is 524 g/mol. The number of ether oxygens (including phenoxy) is 2. The van der Waals surface area contributed by atoms with Crippen molar-refractivity contribution in [1.82, 2.24) is 4.90 Å². The van der Waals surface area contributed by atoms with E-state index in [0.717, 1.165) is 0 Å². The summed E-state index contributed by atoms with van der Waals surface area (Å²) in [6, 6.07) is 19.3. The molecule has 38 heavy (non-hydrogen) atoms. The number of piperidine rings is 1. The lowest BCUT2D eigenvalue weighted by atomic mass is 9.99. The van der Waals surface area contributed by atoms with Gasteiger partial charge in [-0.3, -0.25) is 9.59 Å². The Balaban J connectivity index is 1.41. The maximum atomic E-state index is 13.1. The number of carbonyl (C=O) groups excluding carboxylic acids is 2. The fraction of sp³-hybridized carbons (Fsp3) is 0.241. The number of likely N-dealkylation sites (tertiary alicyclic amines) is 1. The molecular formula is C29H27F3N2O4. The van der Waals surface area contributed by atoms with Gasteiger partial charge in [-0.15, -0.1) is 13.2 Å². The molecule has 0 aliphatic carbocycles. The van der Waals surface area contributed by atoms with Gasteiger partial charge in [-0.25, -0.2) is 0 Å². The summed E-state index contributed by atoms with van der Waals surface area (Å²) in [4.78, 5) is 27.0. The number of amides is 2. The molecule has 3 aromatic carbocycles. The van der Waals surface area contributed by atoms with Gasteiger partial charge in [0.15, 0.2) is 0 Å². The largest absolute Gasteiger partial charge is 0.573 e. The minimum absolute atomic E-state index is 0.00141. The number of hydrogen-bond acceptors (Lipinski definition) is 4. The lowest BCUT2D eigenvalue weighted by molar-refractivity contribution is -0.274. The highest BCUT2D eigenvalue weighted by Gasteiger charge is 2.31. The molecule has 0 bridgehead atoms. The van der Waals surface area contributed by atoms with Crippen LogP contribution in [-0.2, 0) is 4.79 Å². The van der Waals surface area contributed by atoms with Crippen LogP contribution in [0.5, 0.6) is 11.5 Å². The summed E-state index contributed by atoms with van der Waals surface area (Å²) in [6.45, 7) is 3.04. The van der Waals surface area contributed by atoms with Crippen LogP contribution in [0.2, 0.25) is 0 Å². The zero-order valence-electron chi connectivity index (χ0n) is 20.7. The van der Waals surface area contributed by atoms with Gasteiger partial charge in [-0.1, -0.05) is 42.5 Å². The van der Waals surface area contributed by atoms with Crippen molar-refractivity contribution in [3.63, 3.8) is 0 Å². The zero-order valence-corrected chi connectivity index (χ0v) is 20.7. The first kappa shape index (κ1) is 26.8. The molecule has 0 spiro atoms. The summed E-state index contributed by atoms with van der Waals surface area (Å²) in [6.07, 6.45) is -0.115. The van der Waals surface area contributed by atoms with Crippen molar-refractivity contribution in [3.05, 3.63) is 90.5 Å². The number of allylic oxidation sites excluding steroid dienone is 1. The summed E-state index contributed by atoms with van der Waals surface area (Å²) in [5.74, 6) is -0.102. The maximum absolute atomic E-state index is 13.1. The molecule has 1 aliphatic heterocycles. The summed E-state index contributed by atoms with van der Waals surface area (Å²) in [5, 5.41) is 2.87. The van der Waals surface area contributed by atoms with Crippen LogP contribution in [0.4, 0.5) is 18.9 Å². The number of hydrogen-bond donors (Lipinski definition) is 1. The molecule has 1 N–H and O–H groups in total. The number of anilines is 1. The Labute approximate surface area is 218 Å². The number of alkyl halides is 3. The first-order valence-electron chi connectivity index (χ1n) is 12.2. The molecule has 0 atom stereocenters. The molecule has 6 nitrogen and oxygen atoms in total. The molecule has 0 radical (unpaired) electrons. The summed E-state index contributed by atoms with van der Waals surface area (Å²) in [7, 11) is 0. The standard InChI is InChI=1S/C29H27F3N2O4/c1-2-6-27(35)34-17-15-22(16-18-34)37-24-8-5-7-21(19-24)33-28(36)26-10-4-3-9-25(26)20-11-13-23(14-12-20)38-29(30,31)32/h2-14,19,22H,15-18H2,1H3,(H,33,36)/b6-2+. The van der Waals surface area contributed by atoms with Gasteiger partial charge in [0, 0.05) is 43.2 Å². The predicted octanol–water partition coefficient (Wildman–Crippen LogP) is 6.45. The molecular weight excluding hydrogens is 497 g/mol. The Morgan fingerprint density at radius 2 is 1.66 bits per heavy atom. The Kier molecular flexibility index (Phi) is 8.35. The molecule has 0 saturated carbocycles. The zero-order chi connectivity index (χ0) is 27.1. The van der Waals surface area contributed by atoms with Gasteiger partial charge in [0.2, 0.25) is 5.91 Å². The topological polar surface area (TPSA) is 67.9 Å². The predicted molar refractivity (Wildman–Crippen MR) is 138 cm³/mol. The quantitative estimate of drug-likeness (QED) is 0.361. The Hall–Kier alpha value is -4.27. The molecule has 198 valence electrons. The molecule has 3 aromatic rings. The van der Waals surface area contributed by atoms with Gasteiger partial charge in [-0.2, -0.15) is 0 Å². The molecule has 1 fully saturated rings. The van der Waals surface area contributed by atoms with E-state index in [2.05, 4.69) is 10.1 Å². The molecule has 0 unspecified atom stereocenters. The van der Waals surface area contributed by atoms with Gasteiger partial charge < -0.3 is 19.7 Å². The van der Waals surface area contributed by atoms with Crippen molar-refractivity contribution >= 4 is 17.5 Å². The third kappa shape index (κ3) is 7.15. The van der Waals surface area contributed by atoms with Crippen molar-refractivity contribution in [1.29, 1.82) is 0 Å². The van der Waals surface area contributed by atoms with Crippen molar-refractivity contribution < 1.29 is 32.2 Å². The van der Waals surface area contributed by atoms with E-state index in [9.17, 15) is 22.8 Å². The second kappa shape index (κ2) is 11.9.